The highest BCUT2D eigenvalue weighted by molar-refractivity contribution is 7.89. The molecule has 1 aromatic heterocycles. The van der Waals surface area contributed by atoms with E-state index in [-0.39, 0.29) is 23.3 Å². The Morgan fingerprint density at radius 2 is 2.22 bits per heavy atom. The van der Waals surface area contributed by atoms with Crippen LogP contribution in [-0.4, -0.2) is 32.5 Å². The number of aliphatic hydroxyl groups is 1. The van der Waals surface area contributed by atoms with Crippen molar-refractivity contribution in [2.45, 2.75) is 30.5 Å². The smallest absolute Gasteiger partial charge is 0.273 e. The maximum Gasteiger partial charge on any atom is 0.273 e. The lowest BCUT2D eigenvalue weighted by atomic mass is 10.1. The molecule has 0 aromatic carbocycles. The van der Waals surface area contributed by atoms with Gasteiger partial charge in [-0.2, -0.15) is 0 Å². The highest BCUT2D eigenvalue weighted by Gasteiger charge is 2.27. The number of carbonyl (C=O) groups excluding carboxylic acids is 1. The Morgan fingerprint density at radius 3 is 2.78 bits per heavy atom. The van der Waals surface area contributed by atoms with Crippen molar-refractivity contribution in [1.82, 2.24) is 4.72 Å². The lowest BCUT2D eigenvalue weighted by molar-refractivity contribution is 0.109. The van der Waals surface area contributed by atoms with Crippen molar-refractivity contribution in [3.8, 4) is 0 Å². The molecule has 1 aliphatic rings. The molecule has 0 spiro atoms. The summed E-state index contributed by atoms with van der Waals surface area (Å²) in [5.74, 6) is -0.0865. The molecule has 1 aliphatic carbocycles. The molecular formula is C11H15NO5S. The number of aldehydes is 1. The van der Waals surface area contributed by atoms with E-state index in [0.717, 1.165) is 12.8 Å². The zero-order valence-electron chi connectivity index (χ0n) is 9.70. The lowest BCUT2D eigenvalue weighted by Crippen LogP contribution is -2.32. The van der Waals surface area contributed by atoms with Gasteiger partial charge in [0.05, 0.1) is 6.10 Å². The number of carbonyl (C=O) groups is 1. The molecule has 1 saturated carbocycles. The third-order valence-electron chi connectivity index (χ3n) is 3.14. The summed E-state index contributed by atoms with van der Waals surface area (Å²) in [6.07, 6.45) is 2.42. The van der Waals surface area contributed by atoms with E-state index < -0.39 is 16.1 Å². The Morgan fingerprint density at radius 1 is 1.44 bits per heavy atom. The zero-order valence-corrected chi connectivity index (χ0v) is 10.5. The Kier molecular flexibility index (Phi) is 3.84. The van der Waals surface area contributed by atoms with Gasteiger partial charge in [-0.3, -0.25) is 4.79 Å². The number of furan rings is 1. The van der Waals surface area contributed by atoms with Gasteiger partial charge >= 0.3 is 0 Å². The summed E-state index contributed by atoms with van der Waals surface area (Å²) < 4.78 is 30.9. The standard InChI is InChI=1S/C11H15NO5S/c13-7-9-4-5-11(17-9)18(15,16)12-6-8-2-1-3-10(8)14/h4-5,7-8,10,12,14H,1-3,6H2. The van der Waals surface area contributed by atoms with Gasteiger partial charge in [0.15, 0.2) is 12.0 Å². The molecule has 0 radical (unpaired) electrons. The minimum absolute atomic E-state index is 0.0312. The van der Waals surface area contributed by atoms with Crippen molar-refractivity contribution in [2.24, 2.45) is 5.92 Å². The number of aliphatic hydroxyl groups excluding tert-OH is 1. The van der Waals surface area contributed by atoms with E-state index in [0.29, 0.717) is 12.7 Å². The maximum atomic E-state index is 11.8. The molecule has 2 atom stereocenters. The fraction of sp³-hybridized carbons (Fsp3) is 0.545. The number of nitrogens with one attached hydrogen (secondary N) is 1. The van der Waals surface area contributed by atoms with Crippen LogP contribution in [0.3, 0.4) is 0 Å². The second kappa shape index (κ2) is 5.21. The highest BCUT2D eigenvalue weighted by atomic mass is 32.2. The van der Waals surface area contributed by atoms with Crippen molar-refractivity contribution in [2.75, 3.05) is 6.54 Å². The van der Waals surface area contributed by atoms with Crippen LogP contribution in [0.5, 0.6) is 0 Å². The Labute approximate surface area is 105 Å². The molecule has 0 amide bonds. The summed E-state index contributed by atoms with van der Waals surface area (Å²) in [4.78, 5) is 10.4. The summed E-state index contributed by atoms with van der Waals surface area (Å²) in [5.41, 5.74) is 0. The lowest BCUT2D eigenvalue weighted by Gasteiger charge is -2.14. The predicted molar refractivity (Wildman–Crippen MR) is 62.6 cm³/mol. The predicted octanol–water partition coefficient (Wildman–Crippen LogP) is 0.531. The zero-order chi connectivity index (χ0) is 13.2. The minimum Gasteiger partial charge on any atom is -0.440 e. The van der Waals surface area contributed by atoms with Crippen molar-refractivity contribution in [3.63, 3.8) is 0 Å². The largest absolute Gasteiger partial charge is 0.440 e. The molecule has 100 valence electrons. The van der Waals surface area contributed by atoms with Gasteiger partial charge in [-0.15, -0.1) is 0 Å². The fourth-order valence-corrected chi connectivity index (χ4v) is 3.11. The summed E-state index contributed by atoms with van der Waals surface area (Å²) in [5, 5.41) is 9.31. The van der Waals surface area contributed by atoms with E-state index in [1.807, 2.05) is 0 Å². The first-order chi connectivity index (χ1) is 8.53. The summed E-state index contributed by atoms with van der Waals surface area (Å²) in [6, 6.07) is 2.53. The van der Waals surface area contributed by atoms with E-state index in [1.165, 1.54) is 12.1 Å². The van der Waals surface area contributed by atoms with E-state index in [9.17, 15) is 18.3 Å². The van der Waals surface area contributed by atoms with Crippen LogP contribution < -0.4 is 4.72 Å². The first-order valence-corrected chi connectivity index (χ1v) is 7.24. The number of rotatable bonds is 5. The Balaban J connectivity index is 2.01. The third-order valence-corrected chi connectivity index (χ3v) is 4.43. The van der Waals surface area contributed by atoms with Crippen molar-refractivity contribution < 1.29 is 22.7 Å². The van der Waals surface area contributed by atoms with Crippen LogP contribution in [0.1, 0.15) is 29.8 Å². The first-order valence-electron chi connectivity index (χ1n) is 5.75. The average molecular weight is 273 g/mol. The van der Waals surface area contributed by atoms with Crippen LogP contribution in [0, 0.1) is 5.92 Å². The van der Waals surface area contributed by atoms with Crippen LogP contribution in [-0.2, 0) is 10.0 Å². The van der Waals surface area contributed by atoms with Gasteiger partial charge < -0.3 is 9.52 Å². The van der Waals surface area contributed by atoms with Crippen molar-refractivity contribution >= 4 is 16.3 Å². The molecule has 0 aliphatic heterocycles. The van der Waals surface area contributed by atoms with Gasteiger partial charge in [-0.1, -0.05) is 6.42 Å². The van der Waals surface area contributed by atoms with E-state index in [4.69, 9.17) is 4.42 Å². The molecule has 7 heteroatoms. The van der Waals surface area contributed by atoms with Crippen LogP contribution in [0.4, 0.5) is 0 Å². The topological polar surface area (TPSA) is 96.6 Å². The molecule has 1 aromatic rings. The van der Waals surface area contributed by atoms with Gasteiger partial charge in [0, 0.05) is 6.54 Å². The van der Waals surface area contributed by atoms with Crippen LogP contribution >= 0.6 is 0 Å². The van der Waals surface area contributed by atoms with Gasteiger partial charge in [-0.25, -0.2) is 13.1 Å². The SMILES string of the molecule is O=Cc1ccc(S(=O)(=O)NCC2CCCC2O)o1. The fourth-order valence-electron chi connectivity index (χ4n) is 2.09. The van der Waals surface area contributed by atoms with Gasteiger partial charge in [-0.05, 0) is 30.9 Å². The molecule has 1 fully saturated rings. The number of hydrogen-bond donors (Lipinski definition) is 2. The number of sulfonamides is 1. The highest BCUT2D eigenvalue weighted by Crippen LogP contribution is 2.25. The minimum atomic E-state index is -3.75. The molecule has 18 heavy (non-hydrogen) atoms. The quantitative estimate of drug-likeness (QED) is 0.763. The van der Waals surface area contributed by atoms with Crippen LogP contribution in [0.2, 0.25) is 0 Å². The van der Waals surface area contributed by atoms with Gasteiger partial charge in [0.2, 0.25) is 5.09 Å². The van der Waals surface area contributed by atoms with Crippen LogP contribution in [0.25, 0.3) is 0 Å². The Hall–Kier alpha value is -1.18. The molecule has 6 nitrogen and oxygen atoms in total. The Bertz CT molecular complexity index is 521. The normalized spacial score (nSPS) is 24.3. The molecular weight excluding hydrogens is 258 g/mol. The summed E-state index contributed by atoms with van der Waals surface area (Å²) in [7, 11) is -3.75. The van der Waals surface area contributed by atoms with E-state index in [1.54, 1.807) is 0 Å². The second-order valence-corrected chi connectivity index (χ2v) is 6.08. The molecule has 1 heterocycles. The molecule has 2 rings (SSSR count). The maximum absolute atomic E-state index is 11.8. The van der Waals surface area contributed by atoms with Crippen LogP contribution in [0.15, 0.2) is 21.6 Å². The first kappa shape index (κ1) is 13.3. The number of hydrogen-bond acceptors (Lipinski definition) is 5. The summed E-state index contributed by atoms with van der Waals surface area (Å²) >= 11 is 0. The second-order valence-electron chi connectivity index (χ2n) is 4.38. The van der Waals surface area contributed by atoms with Crippen molar-refractivity contribution in [1.29, 1.82) is 0 Å². The van der Waals surface area contributed by atoms with E-state index >= 15 is 0 Å². The monoisotopic (exact) mass is 273 g/mol. The van der Waals surface area contributed by atoms with Crippen molar-refractivity contribution in [3.05, 3.63) is 17.9 Å². The molecule has 0 bridgehead atoms. The molecule has 2 N–H and O–H groups in total. The van der Waals surface area contributed by atoms with Gasteiger partial charge in [0.25, 0.3) is 10.0 Å². The average Bonchev–Trinajstić information content (AvgIpc) is 2.95. The van der Waals surface area contributed by atoms with E-state index in [2.05, 4.69) is 4.72 Å². The molecule has 2 unspecified atom stereocenters. The summed E-state index contributed by atoms with van der Waals surface area (Å²) in [6.45, 7) is 0.181. The molecule has 0 saturated heterocycles. The third kappa shape index (κ3) is 2.80. The van der Waals surface area contributed by atoms with Gasteiger partial charge in [0.1, 0.15) is 0 Å².